The van der Waals surface area contributed by atoms with E-state index in [2.05, 4.69) is 6.08 Å². The van der Waals surface area contributed by atoms with Crippen LogP contribution in [0, 0.1) is 11.8 Å². The van der Waals surface area contributed by atoms with Crippen molar-refractivity contribution in [3.8, 4) is 0 Å². The van der Waals surface area contributed by atoms with Crippen LogP contribution >= 0.6 is 0 Å². The molecule has 60 valence electrons. The molecule has 0 aliphatic heterocycles. The molecule has 0 aromatic rings. The van der Waals surface area contributed by atoms with Crippen molar-refractivity contribution in [2.45, 2.75) is 32.1 Å². The van der Waals surface area contributed by atoms with Crippen molar-refractivity contribution in [2.24, 2.45) is 11.8 Å². The Balaban J connectivity index is 2.11. The Morgan fingerprint density at radius 3 is 3.00 bits per heavy atom. The number of aldehydes is 1. The molecule has 1 saturated carbocycles. The van der Waals surface area contributed by atoms with Crippen molar-refractivity contribution in [1.29, 1.82) is 0 Å². The average Bonchev–Trinajstić information content (AvgIpc) is 2.47. The fourth-order valence-corrected chi connectivity index (χ4v) is 2.50. The van der Waals surface area contributed by atoms with E-state index in [9.17, 15) is 4.79 Å². The Labute approximate surface area is 67.5 Å². The normalized spacial score (nSPS) is 36.2. The highest BCUT2D eigenvalue weighted by molar-refractivity contribution is 5.75. The lowest BCUT2D eigenvalue weighted by molar-refractivity contribution is -0.105. The summed E-state index contributed by atoms with van der Waals surface area (Å²) in [7, 11) is 0. The molecule has 2 aliphatic carbocycles. The smallest absolute Gasteiger partial charge is 0.145 e. The molecule has 0 unspecified atom stereocenters. The number of rotatable bonds is 1. The van der Waals surface area contributed by atoms with E-state index in [1.807, 2.05) is 0 Å². The van der Waals surface area contributed by atoms with Gasteiger partial charge in [-0.15, -0.1) is 0 Å². The molecule has 0 amide bonds. The molecule has 1 nitrogen and oxygen atoms in total. The predicted molar refractivity (Wildman–Crippen MR) is 44.2 cm³/mol. The van der Waals surface area contributed by atoms with Gasteiger partial charge in [-0.3, -0.25) is 4.79 Å². The van der Waals surface area contributed by atoms with E-state index >= 15 is 0 Å². The first kappa shape index (κ1) is 7.08. The molecule has 0 aromatic carbocycles. The average molecular weight is 150 g/mol. The highest BCUT2D eigenvalue weighted by atomic mass is 16.1. The quantitative estimate of drug-likeness (QED) is 0.524. The first-order valence-electron chi connectivity index (χ1n) is 4.57. The Hall–Kier alpha value is -0.590. The highest BCUT2D eigenvalue weighted by Crippen LogP contribution is 2.41. The monoisotopic (exact) mass is 150 g/mol. The van der Waals surface area contributed by atoms with Crippen molar-refractivity contribution >= 4 is 6.29 Å². The van der Waals surface area contributed by atoms with E-state index in [1.165, 1.54) is 32.1 Å². The number of carbonyl (C=O) groups is 1. The molecule has 2 rings (SSSR count). The third kappa shape index (κ3) is 1.13. The van der Waals surface area contributed by atoms with Crippen LogP contribution in [0.15, 0.2) is 11.6 Å². The lowest BCUT2D eigenvalue weighted by Crippen LogP contribution is -2.16. The summed E-state index contributed by atoms with van der Waals surface area (Å²) in [5, 5.41) is 0. The minimum Gasteiger partial charge on any atom is -0.298 e. The van der Waals surface area contributed by atoms with Gasteiger partial charge in [0.2, 0.25) is 0 Å². The van der Waals surface area contributed by atoms with E-state index in [1.54, 1.807) is 0 Å². The number of hydrogen-bond donors (Lipinski definition) is 0. The van der Waals surface area contributed by atoms with Crippen molar-refractivity contribution in [3.05, 3.63) is 11.6 Å². The van der Waals surface area contributed by atoms with Crippen molar-refractivity contribution in [2.75, 3.05) is 0 Å². The topological polar surface area (TPSA) is 17.1 Å². The van der Waals surface area contributed by atoms with Crippen molar-refractivity contribution in [3.63, 3.8) is 0 Å². The Bertz CT molecular complexity index is 193. The lowest BCUT2D eigenvalue weighted by atomic mass is 9.79. The van der Waals surface area contributed by atoms with Crippen molar-refractivity contribution < 1.29 is 4.79 Å². The standard InChI is InChI=1S/C10H14O/c11-7-9-6-5-8-3-1-2-4-10(8)9/h6-8,10H,1-5H2/t8-,10+/m0/s1. The van der Waals surface area contributed by atoms with Gasteiger partial charge in [0.25, 0.3) is 0 Å². The molecular weight excluding hydrogens is 136 g/mol. The zero-order chi connectivity index (χ0) is 7.68. The summed E-state index contributed by atoms with van der Waals surface area (Å²) >= 11 is 0. The summed E-state index contributed by atoms with van der Waals surface area (Å²) < 4.78 is 0. The second-order valence-corrected chi connectivity index (χ2v) is 3.71. The van der Waals surface area contributed by atoms with Crippen LogP contribution in [-0.4, -0.2) is 6.29 Å². The number of carbonyl (C=O) groups excluding carboxylic acids is 1. The summed E-state index contributed by atoms with van der Waals surface area (Å²) in [5.74, 6) is 1.46. The minimum atomic E-state index is 0.640. The van der Waals surface area contributed by atoms with Crippen LogP contribution in [0.1, 0.15) is 32.1 Å². The van der Waals surface area contributed by atoms with E-state index in [0.29, 0.717) is 5.92 Å². The molecule has 0 bridgehead atoms. The maximum absolute atomic E-state index is 10.6. The Morgan fingerprint density at radius 1 is 1.36 bits per heavy atom. The number of hydrogen-bond acceptors (Lipinski definition) is 1. The van der Waals surface area contributed by atoms with E-state index in [4.69, 9.17) is 0 Å². The van der Waals surface area contributed by atoms with Gasteiger partial charge < -0.3 is 0 Å². The molecule has 0 N–H and O–H groups in total. The van der Waals surface area contributed by atoms with E-state index in [0.717, 1.165) is 17.8 Å². The third-order valence-electron chi connectivity index (χ3n) is 3.13. The molecular formula is C10H14O. The number of allylic oxidation sites excluding steroid dienone is 2. The molecule has 0 spiro atoms. The molecule has 0 radical (unpaired) electrons. The highest BCUT2D eigenvalue weighted by Gasteiger charge is 2.30. The van der Waals surface area contributed by atoms with E-state index < -0.39 is 0 Å². The zero-order valence-electron chi connectivity index (χ0n) is 6.75. The van der Waals surface area contributed by atoms with Gasteiger partial charge >= 0.3 is 0 Å². The molecule has 1 heteroatoms. The molecule has 1 fully saturated rings. The number of fused-ring (bicyclic) bond motifs is 1. The van der Waals surface area contributed by atoms with Crippen LogP contribution in [0.4, 0.5) is 0 Å². The zero-order valence-corrected chi connectivity index (χ0v) is 6.75. The fraction of sp³-hybridized carbons (Fsp3) is 0.700. The Kier molecular flexibility index (Phi) is 1.80. The second-order valence-electron chi connectivity index (χ2n) is 3.71. The largest absolute Gasteiger partial charge is 0.298 e. The van der Waals surface area contributed by atoms with Crippen LogP contribution in [-0.2, 0) is 4.79 Å². The summed E-state index contributed by atoms with van der Waals surface area (Å²) in [4.78, 5) is 10.6. The van der Waals surface area contributed by atoms with Crippen LogP contribution in [0.25, 0.3) is 0 Å². The van der Waals surface area contributed by atoms with Gasteiger partial charge in [0, 0.05) is 0 Å². The molecule has 2 aliphatic rings. The molecule has 0 aromatic heterocycles. The molecule has 2 atom stereocenters. The summed E-state index contributed by atoms with van der Waals surface area (Å²) in [5.41, 5.74) is 1.09. The van der Waals surface area contributed by atoms with Gasteiger partial charge in [0.15, 0.2) is 0 Å². The first-order chi connectivity index (χ1) is 5.42. The van der Waals surface area contributed by atoms with Gasteiger partial charge in [-0.1, -0.05) is 18.9 Å². The minimum absolute atomic E-state index is 0.640. The predicted octanol–water partition coefficient (Wildman–Crippen LogP) is 2.32. The van der Waals surface area contributed by atoms with Gasteiger partial charge in [-0.25, -0.2) is 0 Å². The maximum Gasteiger partial charge on any atom is 0.145 e. The fourth-order valence-electron chi connectivity index (χ4n) is 2.50. The summed E-state index contributed by atoms with van der Waals surface area (Å²) in [6.45, 7) is 0. The first-order valence-corrected chi connectivity index (χ1v) is 4.57. The Morgan fingerprint density at radius 2 is 2.18 bits per heavy atom. The van der Waals surface area contributed by atoms with Crippen LogP contribution in [0.3, 0.4) is 0 Å². The van der Waals surface area contributed by atoms with Gasteiger partial charge in [-0.05, 0) is 36.7 Å². The molecule has 11 heavy (non-hydrogen) atoms. The molecule has 0 heterocycles. The maximum atomic E-state index is 10.6. The van der Waals surface area contributed by atoms with Gasteiger partial charge in [0.1, 0.15) is 6.29 Å². The molecule has 0 saturated heterocycles. The SMILES string of the molecule is O=CC1=CC[C@@H]2CCCC[C@@H]12. The third-order valence-corrected chi connectivity index (χ3v) is 3.13. The van der Waals surface area contributed by atoms with Crippen molar-refractivity contribution in [1.82, 2.24) is 0 Å². The summed E-state index contributed by atoms with van der Waals surface area (Å²) in [6, 6.07) is 0. The summed E-state index contributed by atoms with van der Waals surface area (Å²) in [6.07, 6.45) is 9.68. The lowest BCUT2D eigenvalue weighted by Gasteiger charge is -2.25. The van der Waals surface area contributed by atoms with Gasteiger partial charge in [-0.2, -0.15) is 0 Å². The van der Waals surface area contributed by atoms with Gasteiger partial charge in [0.05, 0.1) is 0 Å². The van der Waals surface area contributed by atoms with Crippen LogP contribution in [0.5, 0.6) is 0 Å². The van der Waals surface area contributed by atoms with Crippen LogP contribution < -0.4 is 0 Å². The second kappa shape index (κ2) is 2.80. The van der Waals surface area contributed by atoms with Crippen LogP contribution in [0.2, 0.25) is 0 Å². The van der Waals surface area contributed by atoms with E-state index in [-0.39, 0.29) is 0 Å².